The highest BCUT2D eigenvalue weighted by Crippen LogP contribution is 2.29. The molecule has 2 aliphatic rings. The zero-order valence-corrected chi connectivity index (χ0v) is 18.6. The fraction of sp³-hybridized carbons (Fsp3) is 0.208. The van der Waals surface area contributed by atoms with Crippen molar-refractivity contribution in [2.24, 2.45) is 0 Å². The molecule has 2 aromatic rings. The molecule has 5 heteroatoms. The minimum Gasteiger partial charge on any atom is -0.452 e. The molecule has 0 saturated heterocycles. The van der Waals surface area contributed by atoms with E-state index in [1.807, 2.05) is 13.2 Å². The lowest BCUT2D eigenvalue weighted by atomic mass is 9.90. The van der Waals surface area contributed by atoms with Gasteiger partial charge in [-0.25, -0.2) is 5.43 Å². The summed E-state index contributed by atoms with van der Waals surface area (Å²) in [5.41, 5.74) is 11.3. The molecule has 0 aromatic heterocycles. The van der Waals surface area contributed by atoms with Gasteiger partial charge in [0, 0.05) is 25.2 Å². The van der Waals surface area contributed by atoms with Crippen molar-refractivity contribution in [1.29, 1.82) is 0 Å². The monoisotopic (exact) mass is 499 g/mol. The summed E-state index contributed by atoms with van der Waals surface area (Å²) in [6.45, 7) is 1.75. The molecule has 3 N–H and O–H groups in total. The van der Waals surface area contributed by atoms with Crippen LogP contribution in [0.15, 0.2) is 76.7 Å². The quantitative estimate of drug-likeness (QED) is 0.493. The first-order valence-electron chi connectivity index (χ1n) is 9.85. The lowest BCUT2D eigenvalue weighted by Gasteiger charge is -2.19. The van der Waals surface area contributed by atoms with Crippen LogP contribution in [-0.2, 0) is 0 Å². The number of hydrazine groups is 1. The molecular weight excluding hydrogens is 473 g/mol. The highest BCUT2D eigenvalue weighted by atomic mass is 127. The first-order valence-corrected chi connectivity index (χ1v) is 12.2. The minimum atomic E-state index is -0.172. The molecule has 1 unspecified atom stereocenters. The van der Waals surface area contributed by atoms with Crippen LogP contribution in [0.2, 0.25) is 0 Å². The fourth-order valence-corrected chi connectivity index (χ4v) is 5.21. The van der Waals surface area contributed by atoms with Crippen molar-refractivity contribution in [3.8, 4) is 5.75 Å². The third-order valence-electron chi connectivity index (χ3n) is 5.01. The van der Waals surface area contributed by atoms with Crippen molar-refractivity contribution in [3.63, 3.8) is 0 Å². The Morgan fingerprint density at radius 3 is 2.52 bits per heavy atom. The van der Waals surface area contributed by atoms with Crippen LogP contribution in [0.4, 0.5) is 0 Å². The Bertz CT molecular complexity index is 943. The Hall–Kier alpha value is -2.22. The fourth-order valence-electron chi connectivity index (χ4n) is 3.46. The molecule has 4 rings (SSSR count). The molecule has 0 radical (unpaired) electrons. The summed E-state index contributed by atoms with van der Waals surface area (Å²) in [6, 6.07) is 17.5. The Kier molecular flexibility index (Phi) is 6.92. The Morgan fingerprint density at radius 2 is 1.83 bits per heavy atom. The standard InChI is InChI=1S/C24H26IN3O/c1-26-17-23(19-8-6-18(7-9-19)21-15-27-28-16-21)20-10-12-22(13-11-20)29-24-5-3-2-4-14-25-24/h2,4-15,23,26-28H,3,16-17H2,1H3. The number of hydrogen-bond acceptors (Lipinski definition) is 4. The number of ether oxygens (including phenoxy) is 1. The van der Waals surface area contributed by atoms with Crippen LogP contribution in [-0.4, -0.2) is 24.1 Å². The van der Waals surface area contributed by atoms with Crippen LogP contribution < -0.4 is 20.9 Å². The van der Waals surface area contributed by atoms with Crippen molar-refractivity contribution < 1.29 is 4.74 Å². The van der Waals surface area contributed by atoms with E-state index < -0.39 is 0 Å². The summed E-state index contributed by atoms with van der Waals surface area (Å²) < 4.78 is 9.48. The summed E-state index contributed by atoms with van der Waals surface area (Å²) in [4.78, 5) is 0. The molecule has 2 aliphatic heterocycles. The molecule has 150 valence electrons. The number of likely N-dealkylation sites (N-methyl/N-ethyl adjacent to an activating group) is 1. The van der Waals surface area contributed by atoms with Crippen LogP contribution in [0.5, 0.6) is 5.75 Å². The first kappa shape index (κ1) is 20.1. The third kappa shape index (κ3) is 5.23. The van der Waals surface area contributed by atoms with Gasteiger partial charge >= 0.3 is 0 Å². The van der Waals surface area contributed by atoms with E-state index in [-0.39, 0.29) is 20.7 Å². The highest BCUT2D eigenvalue weighted by molar-refractivity contribution is 14.2. The van der Waals surface area contributed by atoms with E-state index in [1.54, 1.807) is 0 Å². The van der Waals surface area contributed by atoms with Crippen LogP contribution in [0.25, 0.3) is 5.57 Å². The SMILES string of the molecule is CNCC(c1ccc(OC2=CCC=CC=I2)cc1)c1ccc(C2=CNNC2)cc1. The molecule has 1 atom stereocenters. The van der Waals surface area contributed by atoms with Gasteiger partial charge in [0.2, 0.25) is 0 Å². The van der Waals surface area contributed by atoms with Gasteiger partial charge < -0.3 is 15.5 Å². The Balaban J connectivity index is 1.50. The largest absolute Gasteiger partial charge is 0.452 e. The molecular formula is C24H26IN3O. The lowest BCUT2D eigenvalue weighted by molar-refractivity contribution is 0.472. The maximum Gasteiger partial charge on any atom is 0.155 e. The maximum atomic E-state index is 6.11. The van der Waals surface area contributed by atoms with Gasteiger partial charge in [-0.05, 0) is 78.7 Å². The van der Waals surface area contributed by atoms with E-state index in [0.717, 1.165) is 29.0 Å². The summed E-state index contributed by atoms with van der Waals surface area (Å²) in [5, 5.41) is 3.34. The van der Waals surface area contributed by atoms with Gasteiger partial charge in [0.15, 0.2) is 3.77 Å². The van der Waals surface area contributed by atoms with E-state index >= 15 is 0 Å². The van der Waals surface area contributed by atoms with Crippen LogP contribution in [0, 0.1) is 0 Å². The average molecular weight is 499 g/mol. The normalized spacial score (nSPS) is 16.9. The van der Waals surface area contributed by atoms with Gasteiger partial charge in [0.1, 0.15) is 5.75 Å². The predicted octanol–water partition coefficient (Wildman–Crippen LogP) is 4.44. The summed E-state index contributed by atoms with van der Waals surface area (Å²) >= 11 is -0.172. The number of nitrogens with one attached hydrogen (secondary N) is 3. The molecule has 2 heterocycles. The van der Waals surface area contributed by atoms with E-state index in [4.69, 9.17) is 4.74 Å². The van der Waals surface area contributed by atoms with Crippen molar-refractivity contribution >= 4 is 30.3 Å². The number of benzene rings is 2. The smallest absolute Gasteiger partial charge is 0.155 e. The topological polar surface area (TPSA) is 45.3 Å². The molecule has 4 nitrogen and oxygen atoms in total. The lowest BCUT2D eigenvalue weighted by Crippen LogP contribution is -2.20. The minimum absolute atomic E-state index is 0.172. The third-order valence-corrected chi connectivity index (χ3v) is 7.06. The summed E-state index contributed by atoms with van der Waals surface area (Å²) in [6.07, 6.45) is 9.49. The summed E-state index contributed by atoms with van der Waals surface area (Å²) in [5.74, 6) is 1.22. The van der Waals surface area contributed by atoms with Crippen LogP contribution in [0.3, 0.4) is 0 Å². The van der Waals surface area contributed by atoms with E-state index in [2.05, 4.69) is 86.9 Å². The van der Waals surface area contributed by atoms with Crippen molar-refractivity contribution in [1.82, 2.24) is 16.2 Å². The second kappa shape index (κ2) is 10.0. The molecule has 2 aromatic carbocycles. The molecule has 0 amide bonds. The molecule has 0 aliphatic carbocycles. The number of allylic oxidation sites excluding steroid dienone is 3. The van der Waals surface area contributed by atoms with Gasteiger partial charge in [0.25, 0.3) is 0 Å². The molecule has 0 fully saturated rings. The van der Waals surface area contributed by atoms with Crippen molar-refractivity contribution in [3.05, 3.63) is 93.4 Å². The Morgan fingerprint density at radius 1 is 1.07 bits per heavy atom. The number of halogens is 1. The molecule has 29 heavy (non-hydrogen) atoms. The van der Waals surface area contributed by atoms with Crippen molar-refractivity contribution in [2.75, 3.05) is 20.1 Å². The number of hydrogen-bond donors (Lipinski definition) is 3. The second-order valence-electron chi connectivity index (χ2n) is 6.98. The zero-order chi connectivity index (χ0) is 19.9. The van der Waals surface area contributed by atoms with Crippen LogP contribution >= 0.6 is 20.7 Å². The highest BCUT2D eigenvalue weighted by Gasteiger charge is 2.15. The molecule has 0 bridgehead atoms. The van der Waals surface area contributed by atoms with E-state index in [1.165, 1.54) is 22.3 Å². The van der Waals surface area contributed by atoms with Gasteiger partial charge in [0.05, 0.1) is 0 Å². The van der Waals surface area contributed by atoms with Gasteiger partial charge in [-0.1, -0.05) is 48.6 Å². The van der Waals surface area contributed by atoms with Crippen molar-refractivity contribution in [2.45, 2.75) is 12.3 Å². The summed E-state index contributed by atoms with van der Waals surface area (Å²) in [7, 11) is 2.01. The first-order chi connectivity index (χ1) is 14.3. The second-order valence-corrected chi connectivity index (χ2v) is 9.38. The maximum absolute atomic E-state index is 6.11. The van der Waals surface area contributed by atoms with Gasteiger partial charge in [-0.3, -0.25) is 0 Å². The average Bonchev–Trinajstić information content (AvgIpc) is 3.18. The molecule has 0 saturated carbocycles. The Labute approximate surface area is 182 Å². The van der Waals surface area contributed by atoms with Crippen LogP contribution in [0.1, 0.15) is 29.0 Å². The van der Waals surface area contributed by atoms with Gasteiger partial charge in [-0.15, -0.1) is 0 Å². The van der Waals surface area contributed by atoms with E-state index in [0.29, 0.717) is 5.92 Å². The van der Waals surface area contributed by atoms with Gasteiger partial charge in [-0.2, -0.15) is 0 Å². The predicted molar refractivity (Wildman–Crippen MR) is 130 cm³/mol. The zero-order valence-electron chi connectivity index (χ0n) is 16.5. The molecule has 0 spiro atoms. The van der Waals surface area contributed by atoms with E-state index in [9.17, 15) is 0 Å². The number of rotatable bonds is 7.